The smallest absolute Gasteiger partial charge is 0.308 e. The second-order valence-corrected chi connectivity index (χ2v) is 9.33. The molecule has 4 rings (SSSR count). The maximum absolute atomic E-state index is 11.8. The highest BCUT2D eigenvalue weighted by molar-refractivity contribution is 5.69. The predicted molar refractivity (Wildman–Crippen MR) is 109 cm³/mol. The predicted octanol–water partition coefficient (Wildman–Crippen LogP) is 3.94. The van der Waals surface area contributed by atoms with Gasteiger partial charge in [0, 0.05) is 26.2 Å². The quantitative estimate of drug-likeness (QED) is 0.551. The largest absolute Gasteiger partial charge is 0.459 e. The molecule has 0 aliphatic heterocycles. The van der Waals surface area contributed by atoms with Gasteiger partial charge >= 0.3 is 17.9 Å². The summed E-state index contributed by atoms with van der Waals surface area (Å²) >= 11 is 0. The summed E-state index contributed by atoms with van der Waals surface area (Å²) in [6.45, 7) is 6.45. The van der Waals surface area contributed by atoms with Gasteiger partial charge < -0.3 is 14.2 Å². The molecule has 6 heteroatoms. The number of esters is 3. The van der Waals surface area contributed by atoms with Crippen molar-refractivity contribution in [3.8, 4) is 5.75 Å². The Hall–Kier alpha value is -2.37. The molecule has 0 bridgehead atoms. The van der Waals surface area contributed by atoms with Crippen LogP contribution in [0.15, 0.2) is 18.2 Å². The molecule has 162 valence electrons. The van der Waals surface area contributed by atoms with Crippen molar-refractivity contribution in [2.45, 2.75) is 77.9 Å². The first kappa shape index (κ1) is 20.9. The Morgan fingerprint density at radius 2 is 1.73 bits per heavy atom. The number of benzene rings is 1. The summed E-state index contributed by atoms with van der Waals surface area (Å²) in [6.07, 6.45) is 3.83. The number of fused-ring (bicyclic) bond motifs is 5. The monoisotopic (exact) mass is 414 g/mol. The molecule has 0 radical (unpaired) electrons. The molecule has 0 amide bonds. The molecule has 3 aliphatic carbocycles. The van der Waals surface area contributed by atoms with Crippen LogP contribution in [0.2, 0.25) is 0 Å². The number of ether oxygens (including phenoxy) is 3. The highest BCUT2D eigenvalue weighted by Crippen LogP contribution is 2.62. The van der Waals surface area contributed by atoms with Crippen LogP contribution in [-0.4, -0.2) is 30.1 Å². The van der Waals surface area contributed by atoms with Crippen LogP contribution in [0.5, 0.6) is 5.75 Å². The Balaban J connectivity index is 1.62. The van der Waals surface area contributed by atoms with Gasteiger partial charge in [0.15, 0.2) is 0 Å². The minimum absolute atomic E-state index is 0.192. The molecule has 30 heavy (non-hydrogen) atoms. The summed E-state index contributed by atoms with van der Waals surface area (Å²) in [5.41, 5.74) is 2.40. The molecule has 0 aromatic heterocycles. The number of rotatable bonds is 3. The maximum Gasteiger partial charge on any atom is 0.308 e. The van der Waals surface area contributed by atoms with Crippen LogP contribution in [-0.2, 0) is 30.3 Å². The average molecular weight is 414 g/mol. The lowest BCUT2D eigenvalue weighted by atomic mass is 9.55. The van der Waals surface area contributed by atoms with Crippen LogP contribution in [0.4, 0.5) is 0 Å². The average Bonchev–Trinajstić information content (AvgIpc) is 2.92. The summed E-state index contributed by atoms with van der Waals surface area (Å²) in [5, 5.41) is 0. The zero-order valence-electron chi connectivity index (χ0n) is 18.1. The van der Waals surface area contributed by atoms with Gasteiger partial charge in [-0.05, 0) is 73.1 Å². The SMILES string of the molecule is CC(=O)Oc1ccc2c(c1)CC[C@H]1[C@H]3C[C@@H](OC(C)=O)[C@@H](OC(C)=O)[C@@]3(C)CC[C@@H]21. The van der Waals surface area contributed by atoms with E-state index in [2.05, 4.69) is 13.0 Å². The minimum atomic E-state index is -0.391. The van der Waals surface area contributed by atoms with E-state index in [0.717, 1.165) is 32.1 Å². The summed E-state index contributed by atoms with van der Waals surface area (Å²) in [6, 6.07) is 5.99. The van der Waals surface area contributed by atoms with Gasteiger partial charge in [0.05, 0.1) is 0 Å². The third-order valence-corrected chi connectivity index (χ3v) is 7.48. The Morgan fingerprint density at radius 3 is 2.40 bits per heavy atom. The van der Waals surface area contributed by atoms with E-state index in [1.165, 1.54) is 31.9 Å². The molecular weight excluding hydrogens is 384 g/mol. The number of carbonyl (C=O) groups excluding carboxylic acids is 3. The van der Waals surface area contributed by atoms with E-state index < -0.39 is 6.10 Å². The fraction of sp³-hybridized carbons (Fsp3) is 0.625. The normalized spacial score (nSPS) is 34.2. The van der Waals surface area contributed by atoms with Gasteiger partial charge in [-0.15, -0.1) is 0 Å². The lowest BCUT2D eigenvalue weighted by molar-refractivity contribution is -0.171. The standard InChI is InChI=1S/C24H30O6/c1-13(25)28-17-6-8-18-16(11-17)5-7-20-19(18)9-10-24(4)21(20)12-22(29-14(2)26)23(24)30-15(3)27/h6,8,11,19-23H,5,7,9-10,12H2,1-4H3/t19-,20+,21+,22+,23+,24-/m0/s1. The Bertz CT molecular complexity index is 876. The van der Waals surface area contributed by atoms with Crippen LogP contribution in [0, 0.1) is 17.3 Å². The van der Waals surface area contributed by atoms with Crippen LogP contribution in [0.1, 0.15) is 70.4 Å². The van der Waals surface area contributed by atoms with Crippen LogP contribution in [0.25, 0.3) is 0 Å². The summed E-state index contributed by atoms with van der Waals surface area (Å²) in [7, 11) is 0. The van der Waals surface area contributed by atoms with Gasteiger partial charge in [-0.3, -0.25) is 14.4 Å². The molecular formula is C24H30O6. The molecule has 2 saturated carbocycles. The molecule has 1 aromatic carbocycles. The third-order valence-electron chi connectivity index (χ3n) is 7.48. The molecule has 6 nitrogen and oxygen atoms in total. The molecule has 1 aromatic rings. The van der Waals surface area contributed by atoms with E-state index in [9.17, 15) is 14.4 Å². The van der Waals surface area contributed by atoms with Gasteiger partial charge in [-0.2, -0.15) is 0 Å². The van der Waals surface area contributed by atoms with Gasteiger partial charge in [0.25, 0.3) is 0 Å². The van der Waals surface area contributed by atoms with Crippen molar-refractivity contribution in [1.82, 2.24) is 0 Å². The van der Waals surface area contributed by atoms with E-state index >= 15 is 0 Å². The Labute approximate surface area is 177 Å². The first-order chi connectivity index (χ1) is 14.2. The third kappa shape index (κ3) is 3.61. The molecule has 3 aliphatic rings. The number of hydrogen-bond acceptors (Lipinski definition) is 6. The highest BCUT2D eigenvalue weighted by Gasteiger charge is 2.61. The van der Waals surface area contributed by atoms with E-state index in [0.29, 0.717) is 23.5 Å². The molecule has 0 spiro atoms. The van der Waals surface area contributed by atoms with Gasteiger partial charge in [0.2, 0.25) is 0 Å². The zero-order valence-corrected chi connectivity index (χ0v) is 18.1. The molecule has 2 fully saturated rings. The highest BCUT2D eigenvalue weighted by atomic mass is 16.6. The van der Waals surface area contributed by atoms with Crippen molar-refractivity contribution in [2.24, 2.45) is 17.3 Å². The second kappa shape index (κ2) is 7.71. The van der Waals surface area contributed by atoms with Crippen molar-refractivity contribution in [1.29, 1.82) is 0 Å². The summed E-state index contributed by atoms with van der Waals surface area (Å²) < 4.78 is 16.6. The second-order valence-electron chi connectivity index (χ2n) is 9.33. The van der Waals surface area contributed by atoms with Crippen molar-refractivity contribution < 1.29 is 28.6 Å². The van der Waals surface area contributed by atoms with E-state index in [1.54, 1.807) is 0 Å². The Morgan fingerprint density at radius 1 is 1.00 bits per heavy atom. The van der Waals surface area contributed by atoms with Crippen molar-refractivity contribution in [2.75, 3.05) is 0 Å². The lowest BCUT2D eigenvalue weighted by Crippen LogP contribution is -2.46. The van der Waals surface area contributed by atoms with Crippen LogP contribution >= 0.6 is 0 Å². The Kier molecular flexibility index (Phi) is 5.37. The van der Waals surface area contributed by atoms with Gasteiger partial charge in [-0.25, -0.2) is 0 Å². The van der Waals surface area contributed by atoms with Crippen LogP contribution in [0.3, 0.4) is 0 Å². The fourth-order valence-electron chi connectivity index (χ4n) is 6.44. The first-order valence-electron chi connectivity index (χ1n) is 10.8. The molecule has 0 N–H and O–H groups in total. The minimum Gasteiger partial charge on any atom is -0.459 e. The topological polar surface area (TPSA) is 78.9 Å². The van der Waals surface area contributed by atoms with Gasteiger partial charge in [0.1, 0.15) is 18.0 Å². The van der Waals surface area contributed by atoms with Gasteiger partial charge in [-0.1, -0.05) is 13.0 Å². The summed E-state index contributed by atoms with van der Waals surface area (Å²) in [5.74, 6) is 0.839. The van der Waals surface area contributed by atoms with Crippen molar-refractivity contribution in [3.63, 3.8) is 0 Å². The van der Waals surface area contributed by atoms with E-state index in [-0.39, 0.29) is 29.4 Å². The molecule has 6 atom stereocenters. The first-order valence-corrected chi connectivity index (χ1v) is 10.8. The van der Waals surface area contributed by atoms with Crippen LogP contribution < -0.4 is 4.74 Å². The van der Waals surface area contributed by atoms with Crippen molar-refractivity contribution in [3.05, 3.63) is 29.3 Å². The summed E-state index contributed by atoms with van der Waals surface area (Å²) in [4.78, 5) is 34.8. The lowest BCUT2D eigenvalue weighted by Gasteiger charge is -2.50. The maximum atomic E-state index is 11.8. The molecule has 0 saturated heterocycles. The zero-order chi connectivity index (χ0) is 21.6. The number of hydrogen-bond donors (Lipinski definition) is 0. The number of aryl methyl sites for hydroxylation is 1. The number of carbonyl (C=O) groups is 3. The van der Waals surface area contributed by atoms with E-state index in [1.807, 2.05) is 12.1 Å². The van der Waals surface area contributed by atoms with E-state index in [4.69, 9.17) is 14.2 Å². The molecule has 0 unspecified atom stereocenters. The fourth-order valence-corrected chi connectivity index (χ4v) is 6.44. The molecule has 0 heterocycles. The van der Waals surface area contributed by atoms with Crippen molar-refractivity contribution >= 4 is 17.9 Å².